The highest BCUT2D eigenvalue weighted by Crippen LogP contribution is 2.45. The molecule has 1 aromatic carbocycles. The number of esters is 1. The van der Waals surface area contributed by atoms with Crippen molar-refractivity contribution in [3.63, 3.8) is 0 Å². The Morgan fingerprint density at radius 2 is 1.94 bits per heavy atom. The maximum Gasteiger partial charge on any atom is 0.308 e. The van der Waals surface area contributed by atoms with E-state index in [9.17, 15) is 4.79 Å². The number of hydrogen-bond acceptors (Lipinski definition) is 3. The molecular weight excluding hydrogens is 274 g/mol. The number of furan rings is 1. The van der Waals surface area contributed by atoms with Gasteiger partial charge in [-0.1, -0.05) is 34.8 Å². The van der Waals surface area contributed by atoms with Crippen molar-refractivity contribution in [2.24, 2.45) is 0 Å². The van der Waals surface area contributed by atoms with Gasteiger partial charge in [-0.05, 0) is 6.07 Å². The summed E-state index contributed by atoms with van der Waals surface area (Å²) in [5.41, 5.74) is 0.368. The largest absolute Gasteiger partial charge is 0.463 e. The Bertz CT molecular complexity index is 574. The van der Waals surface area contributed by atoms with Crippen molar-refractivity contribution >= 4 is 51.7 Å². The molecule has 0 saturated heterocycles. The van der Waals surface area contributed by atoms with Gasteiger partial charge in [-0.15, -0.1) is 0 Å². The van der Waals surface area contributed by atoms with Crippen LogP contribution in [0, 0.1) is 0 Å². The summed E-state index contributed by atoms with van der Waals surface area (Å²) in [7, 11) is 0. The highest BCUT2D eigenvalue weighted by Gasteiger charge is 2.20. The van der Waals surface area contributed by atoms with Gasteiger partial charge in [0.2, 0.25) is 0 Å². The molecule has 1 heterocycles. The van der Waals surface area contributed by atoms with Crippen molar-refractivity contribution in [2.75, 3.05) is 0 Å². The topological polar surface area (TPSA) is 39.4 Å². The average Bonchev–Trinajstić information content (AvgIpc) is 2.70. The van der Waals surface area contributed by atoms with Gasteiger partial charge in [-0.2, -0.15) is 0 Å². The summed E-state index contributed by atoms with van der Waals surface area (Å²) in [5, 5.41) is 0.979. The fourth-order valence-corrected chi connectivity index (χ4v) is 2.08. The molecule has 6 heteroatoms. The first-order valence-electron chi connectivity index (χ1n) is 4.24. The Balaban J connectivity index is 2.77. The van der Waals surface area contributed by atoms with Crippen LogP contribution in [-0.2, 0) is 4.79 Å². The average molecular weight is 280 g/mol. The first-order valence-corrected chi connectivity index (χ1v) is 5.38. The summed E-state index contributed by atoms with van der Waals surface area (Å²) >= 11 is 17.9. The van der Waals surface area contributed by atoms with Gasteiger partial charge in [-0.25, -0.2) is 0 Å². The molecule has 0 unspecified atom stereocenters. The SMILES string of the molecule is CC(=O)Oc1c(Cl)c(Cl)c2occc2c1Cl. The van der Waals surface area contributed by atoms with Gasteiger partial charge < -0.3 is 9.15 Å². The molecular formula is C10H5Cl3O3. The van der Waals surface area contributed by atoms with Gasteiger partial charge in [0, 0.05) is 12.3 Å². The Labute approximate surface area is 106 Å². The lowest BCUT2D eigenvalue weighted by atomic mass is 10.2. The van der Waals surface area contributed by atoms with Crippen LogP contribution in [0.3, 0.4) is 0 Å². The number of halogens is 3. The number of benzene rings is 1. The summed E-state index contributed by atoms with van der Waals surface area (Å²) in [4.78, 5) is 10.9. The molecule has 1 aromatic heterocycles. The molecule has 0 aliphatic rings. The minimum absolute atomic E-state index is 0.0507. The molecule has 0 fully saturated rings. The Hall–Kier alpha value is -0.900. The summed E-state index contributed by atoms with van der Waals surface area (Å²) in [6.07, 6.45) is 1.43. The molecule has 0 amide bonds. The first-order chi connectivity index (χ1) is 7.52. The lowest BCUT2D eigenvalue weighted by Gasteiger charge is -2.08. The number of ether oxygens (including phenoxy) is 1. The van der Waals surface area contributed by atoms with Gasteiger partial charge in [0.1, 0.15) is 10.0 Å². The molecule has 2 rings (SSSR count). The molecule has 2 aromatic rings. The van der Waals surface area contributed by atoms with Crippen LogP contribution in [0.15, 0.2) is 16.7 Å². The summed E-state index contributed by atoms with van der Waals surface area (Å²) in [6, 6.07) is 1.62. The molecule has 0 atom stereocenters. The summed E-state index contributed by atoms with van der Waals surface area (Å²) in [6.45, 7) is 1.25. The van der Waals surface area contributed by atoms with E-state index in [1.807, 2.05) is 0 Å². The predicted octanol–water partition coefficient (Wildman–Crippen LogP) is 4.32. The van der Waals surface area contributed by atoms with Crippen molar-refractivity contribution in [2.45, 2.75) is 6.92 Å². The zero-order valence-electron chi connectivity index (χ0n) is 8.01. The highest BCUT2D eigenvalue weighted by molar-refractivity contribution is 6.49. The molecule has 3 nitrogen and oxygen atoms in total. The van der Waals surface area contributed by atoms with Crippen molar-refractivity contribution in [1.82, 2.24) is 0 Å². The number of carbonyl (C=O) groups is 1. The molecule has 0 aliphatic carbocycles. The second-order valence-corrected chi connectivity index (χ2v) is 4.16. The number of carbonyl (C=O) groups excluding carboxylic acids is 1. The zero-order valence-corrected chi connectivity index (χ0v) is 10.3. The standard InChI is InChI=1S/C10H5Cl3O3/c1-4(14)16-10-6(11)5-2-3-15-9(5)7(12)8(10)13/h2-3H,1H3. The van der Waals surface area contributed by atoms with Gasteiger partial charge in [0.15, 0.2) is 11.3 Å². The van der Waals surface area contributed by atoms with Gasteiger partial charge in [0.25, 0.3) is 0 Å². The quantitative estimate of drug-likeness (QED) is 0.443. The van der Waals surface area contributed by atoms with E-state index >= 15 is 0 Å². The molecule has 84 valence electrons. The van der Waals surface area contributed by atoms with E-state index in [0.29, 0.717) is 11.0 Å². The van der Waals surface area contributed by atoms with Crippen molar-refractivity contribution < 1.29 is 13.9 Å². The maximum absolute atomic E-state index is 10.9. The number of rotatable bonds is 1. The molecule has 0 radical (unpaired) electrons. The van der Waals surface area contributed by atoms with Crippen LogP contribution < -0.4 is 4.74 Å². The summed E-state index contributed by atoms with van der Waals surface area (Å²) in [5.74, 6) is -0.475. The smallest absolute Gasteiger partial charge is 0.308 e. The molecule has 0 saturated carbocycles. The van der Waals surface area contributed by atoms with E-state index in [2.05, 4.69) is 0 Å². The van der Waals surface area contributed by atoms with Crippen LogP contribution >= 0.6 is 34.8 Å². The first kappa shape index (κ1) is 11.6. The highest BCUT2D eigenvalue weighted by atomic mass is 35.5. The third-order valence-corrected chi connectivity index (χ3v) is 3.13. The van der Waals surface area contributed by atoms with Crippen molar-refractivity contribution in [3.8, 4) is 5.75 Å². The molecule has 0 N–H and O–H groups in total. The van der Waals surface area contributed by atoms with E-state index in [1.54, 1.807) is 6.07 Å². The number of hydrogen-bond donors (Lipinski definition) is 0. The Morgan fingerprint density at radius 3 is 2.56 bits per heavy atom. The second kappa shape index (κ2) is 4.17. The minimum atomic E-state index is -0.525. The van der Waals surface area contributed by atoms with E-state index in [0.717, 1.165) is 0 Å². The third-order valence-electron chi connectivity index (χ3n) is 1.94. The molecule has 0 aliphatic heterocycles. The van der Waals surface area contributed by atoms with Crippen molar-refractivity contribution in [3.05, 3.63) is 27.4 Å². The van der Waals surface area contributed by atoms with Crippen LogP contribution in [0.5, 0.6) is 5.75 Å². The Morgan fingerprint density at radius 1 is 1.25 bits per heavy atom. The zero-order chi connectivity index (χ0) is 11.9. The fraction of sp³-hybridized carbons (Fsp3) is 0.100. The lowest BCUT2D eigenvalue weighted by molar-refractivity contribution is -0.131. The van der Waals surface area contributed by atoms with E-state index in [-0.39, 0.29) is 20.8 Å². The van der Waals surface area contributed by atoms with Crippen LogP contribution in [-0.4, -0.2) is 5.97 Å². The van der Waals surface area contributed by atoms with E-state index < -0.39 is 5.97 Å². The second-order valence-electron chi connectivity index (χ2n) is 3.03. The van der Waals surface area contributed by atoms with Gasteiger partial charge in [0.05, 0.1) is 11.3 Å². The third kappa shape index (κ3) is 1.75. The predicted molar refractivity (Wildman–Crippen MR) is 62.6 cm³/mol. The minimum Gasteiger partial charge on any atom is -0.463 e. The van der Waals surface area contributed by atoms with Crippen LogP contribution in [0.25, 0.3) is 11.0 Å². The maximum atomic E-state index is 10.9. The molecule has 16 heavy (non-hydrogen) atoms. The Kier molecular flexibility index (Phi) is 3.02. The van der Waals surface area contributed by atoms with Crippen LogP contribution in [0.1, 0.15) is 6.92 Å². The van der Waals surface area contributed by atoms with Gasteiger partial charge >= 0.3 is 5.97 Å². The molecule has 0 spiro atoms. The van der Waals surface area contributed by atoms with Crippen LogP contribution in [0.2, 0.25) is 15.1 Å². The van der Waals surface area contributed by atoms with E-state index in [4.69, 9.17) is 44.0 Å². The fourth-order valence-electron chi connectivity index (χ4n) is 1.30. The van der Waals surface area contributed by atoms with Crippen LogP contribution in [0.4, 0.5) is 0 Å². The number of fused-ring (bicyclic) bond motifs is 1. The lowest BCUT2D eigenvalue weighted by Crippen LogP contribution is -2.02. The van der Waals surface area contributed by atoms with Gasteiger partial charge in [-0.3, -0.25) is 4.79 Å². The summed E-state index contributed by atoms with van der Waals surface area (Å²) < 4.78 is 10.0. The van der Waals surface area contributed by atoms with E-state index in [1.165, 1.54) is 13.2 Å². The molecule has 0 bridgehead atoms. The van der Waals surface area contributed by atoms with Crippen molar-refractivity contribution in [1.29, 1.82) is 0 Å². The normalized spacial score (nSPS) is 10.8. The monoisotopic (exact) mass is 278 g/mol.